The Kier molecular flexibility index (Phi) is 7.12. The highest BCUT2D eigenvalue weighted by molar-refractivity contribution is 7.84. The monoisotopic (exact) mass is 373 g/mol. The molecule has 2 atom stereocenters. The van der Waals surface area contributed by atoms with Gasteiger partial charge in [-0.25, -0.2) is 8.93 Å². The topological polar surface area (TPSA) is 55.4 Å². The zero-order valence-corrected chi connectivity index (χ0v) is 16.6. The van der Waals surface area contributed by atoms with E-state index in [1.165, 1.54) is 0 Å². The molecular formula is C21H27NO3S. The van der Waals surface area contributed by atoms with E-state index in [1.807, 2.05) is 75.4 Å². The number of benzene rings is 2. The minimum Gasteiger partial charge on any atom is -0.466 e. The van der Waals surface area contributed by atoms with Crippen molar-refractivity contribution in [2.45, 2.75) is 44.9 Å². The molecular weight excluding hydrogens is 346 g/mol. The van der Waals surface area contributed by atoms with Gasteiger partial charge >= 0.3 is 5.97 Å². The van der Waals surface area contributed by atoms with Crippen LogP contribution < -0.4 is 4.72 Å². The van der Waals surface area contributed by atoms with E-state index in [-0.39, 0.29) is 18.4 Å². The van der Waals surface area contributed by atoms with Crippen molar-refractivity contribution in [1.29, 1.82) is 0 Å². The van der Waals surface area contributed by atoms with E-state index >= 15 is 0 Å². The van der Waals surface area contributed by atoms with Crippen molar-refractivity contribution >= 4 is 17.0 Å². The smallest absolute Gasteiger partial charge is 0.307 e. The summed E-state index contributed by atoms with van der Waals surface area (Å²) in [5, 5.41) is 0. The number of hydrogen-bond acceptors (Lipinski definition) is 3. The molecule has 2 aromatic rings. The number of rotatable bonds is 7. The van der Waals surface area contributed by atoms with Crippen LogP contribution in [0, 0.1) is 0 Å². The molecule has 0 aromatic heterocycles. The summed E-state index contributed by atoms with van der Waals surface area (Å²) in [4.78, 5) is 12.1. The van der Waals surface area contributed by atoms with Crippen LogP contribution in [0.3, 0.4) is 0 Å². The van der Waals surface area contributed by atoms with Crippen LogP contribution in [0.25, 0.3) is 11.1 Å². The number of esters is 1. The molecule has 0 amide bonds. The molecule has 2 rings (SSSR count). The first-order chi connectivity index (χ1) is 12.3. The zero-order chi connectivity index (χ0) is 19.2. The van der Waals surface area contributed by atoms with Gasteiger partial charge in [-0.3, -0.25) is 4.79 Å². The Morgan fingerprint density at radius 3 is 2.35 bits per heavy atom. The van der Waals surface area contributed by atoms with Crippen molar-refractivity contribution in [3.8, 4) is 11.1 Å². The third-order valence-corrected chi connectivity index (χ3v) is 5.49. The summed E-state index contributed by atoms with van der Waals surface area (Å²) in [6, 6.07) is 17.6. The average molecular weight is 374 g/mol. The summed E-state index contributed by atoms with van der Waals surface area (Å²) in [6.07, 6.45) is 0.133. The highest BCUT2D eigenvalue weighted by Gasteiger charge is 2.25. The Morgan fingerprint density at radius 1 is 1.08 bits per heavy atom. The highest BCUT2D eigenvalue weighted by atomic mass is 32.2. The first-order valence-corrected chi connectivity index (χ1v) is 9.95. The molecule has 0 aliphatic carbocycles. The van der Waals surface area contributed by atoms with Crippen molar-refractivity contribution in [2.75, 3.05) is 6.61 Å². The Balaban J connectivity index is 2.32. The van der Waals surface area contributed by atoms with E-state index in [1.54, 1.807) is 6.92 Å². The molecule has 5 heteroatoms. The molecule has 0 saturated carbocycles. The molecule has 0 aliphatic heterocycles. The van der Waals surface area contributed by atoms with E-state index in [0.717, 1.165) is 16.7 Å². The van der Waals surface area contributed by atoms with Crippen LogP contribution in [-0.2, 0) is 20.5 Å². The van der Waals surface area contributed by atoms with Gasteiger partial charge in [0, 0.05) is 0 Å². The van der Waals surface area contributed by atoms with Crippen LogP contribution in [0.2, 0.25) is 0 Å². The van der Waals surface area contributed by atoms with Gasteiger partial charge in [-0.2, -0.15) is 0 Å². The van der Waals surface area contributed by atoms with Crippen LogP contribution in [0.5, 0.6) is 0 Å². The molecule has 0 radical (unpaired) electrons. The number of nitrogens with one attached hydrogen (secondary N) is 1. The lowest BCUT2D eigenvalue weighted by atomic mass is 9.98. The second-order valence-electron chi connectivity index (χ2n) is 7.05. The molecule has 0 saturated heterocycles. The van der Waals surface area contributed by atoms with Gasteiger partial charge in [0.1, 0.15) is 0 Å². The Labute approximate surface area is 158 Å². The third-order valence-electron chi connectivity index (χ3n) is 3.88. The van der Waals surface area contributed by atoms with Crippen LogP contribution in [-0.4, -0.2) is 21.5 Å². The van der Waals surface area contributed by atoms with Crippen molar-refractivity contribution in [3.63, 3.8) is 0 Å². The van der Waals surface area contributed by atoms with E-state index in [0.29, 0.717) is 6.61 Å². The van der Waals surface area contributed by atoms with Crippen LogP contribution >= 0.6 is 0 Å². The number of carbonyl (C=O) groups excluding carboxylic acids is 1. The number of ether oxygens (including phenoxy) is 1. The predicted molar refractivity (Wildman–Crippen MR) is 107 cm³/mol. The molecule has 0 fully saturated rings. The van der Waals surface area contributed by atoms with Gasteiger partial charge in [0.25, 0.3) is 0 Å². The summed E-state index contributed by atoms with van der Waals surface area (Å²) in [5.74, 6) is -0.305. The molecule has 0 bridgehead atoms. The first kappa shape index (κ1) is 20.3. The SMILES string of the molecule is CCOC(=O)C[C@H](N[S@](=O)C(C)(C)C)c1cccc(-c2ccccc2)c1. The average Bonchev–Trinajstić information content (AvgIpc) is 2.61. The first-order valence-electron chi connectivity index (χ1n) is 8.80. The second kappa shape index (κ2) is 9.10. The maximum atomic E-state index is 12.6. The fourth-order valence-corrected chi connectivity index (χ4v) is 3.32. The highest BCUT2D eigenvalue weighted by Crippen LogP contribution is 2.26. The molecule has 26 heavy (non-hydrogen) atoms. The van der Waals surface area contributed by atoms with Gasteiger partial charge in [-0.15, -0.1) is 0 Å². The number of carbonyl (C=O) groups is 1. The summed E-state index contributed by atoms with van der Waals surface area (Å²) in [7, 11) is -1.30. The Morgan fingerprint density at radius 2 is 1.73 bits per heavy atom. The van der Waals surface area contributed by atoms with E-state index < -0.39 is 15.7 Å². The fraction of sp³-hybridized carbons (Fsp3) is 0.381. The lowest BCUT2D eigenvalue weighted by Crippen LogP contribution is -2.36. The maximum absolute atomic E-state index is 12.6. The van der Waals surface area contributed by atoms with Gasteiger partial charge < -0.3 is 4.74 Å². The predicted octanol–water partition coefficient (Wildman–Crippen LogP) is 4.40. The normalized spacial score (nSPS) is 13.8. The number of hydrogen-bond donors (Lipinski definition) is 1. The Bertz CT molecular complexity index is 753. The lowest BCUT2D eigenvalue weighted by molar-refractivity contribution is -0.143. The van der Waals surface area contributed by atoms with Gasteiger partial charge in [-0.05, 0) is 50.5 Å². The Hall–Kier alpha value is -1.98. The van der Waals surface area contributed by atoms with Crippen molar-refractivity contribution in [3.05, 3.63) is 60.2 Å². The minimum absolute atomic E-state index is 0.133. The molecule has 0 spiro atoms. The fourth-order valence-electron chi connectivity index (χ4n) is 2.49. The summed E-state index contributed by atoms with van der Waals surface area (Å²) in [6.45, 7) is 7.81. The van der Waals surface area contributed by atoms with Crippen molar-refractivity contribution in [2.24, 2.45) is 0 Å². The molecule has 1 N–H and O–H groups in total. The largest absolute Gasteiger partial charge is 0.466 e. The van der Waals surface area contributed by atoms with Crippen LogP contribution in [0.4, 0.5) is 0 Å². The molecule has 2 aromatic carbocycles. The molecule has 0 aliphatic rings. The maximum Gasteiger partial charge on any atom is 0.307 e. The second-order valence-corrected chi connectivity index (χ2v) is 9.05. The lowest BCUT2D eigenvalue weighted by Gasteiger charge is -2.24. The van der Waals surface area contributed by atoms with Gasteiger partial charge in [0.2, 0.25) is 0 Å². The zero-order valence-electron chi connectivity index (χ0n) is 15.8. The molecule has 140 valence electrons. The van der Waals surface area contributed by atoms with Gasteiger partial charge in [0.15, 0.2) is 0 Å². The summed E-state index contributed by atoms with van der Waals surface area (Å²) < 4.78 is 20.4. The molecule has 0 heterocycles. The molecule has 4 nitrogen and oxygen atoms in total. The van der Waals surface area contributed by atoms with Crippen LogP contribution in [0.15, 0.2) is 54.6 Å². The standard InChI is InChI=1S/C21H27NO3S/c1-5-25-20(23)15-19(22-26(24)21(2,3)4)18-13-9-12-17(14-18)16-10-7-6-8-11-16/h6-14,19,22H,5,15H2,1-4H3/t19-,26+/m0/s1. The van der Waals surface area contributed by atoms with Gasteiger partial charge in [0.05, 0.1) is 34.8 Å². The van der Waals surface area contributed by atoms with Crippen molar-refractivity contribution < 1.29 is 13.7 Å². The van der Waals surface area contributed by atoms with E-state index in [2.05, 4.69) is 4.72 Å². The third kappa shape index (κ3) is 5.78. The summed E-state index contributed by atoms with van der Waals surface area (Å²) >= 11 is 0. The minimum atomic E-state index is -1.30. The molecule has 0 unspecified atom stereocenters. The quantitative estimate of drug-likeness (QED) is 0.732. The van der Waals surface area contributed by atoms with E-state index in [9.17, 15) is 9.00 Å². The van der Waals surface area contributed by atoms with E-state index in [4.69, 9.17) is 4.74 Å². The summed E-state index contributed by atoms with van der Waals surface area (Å²) in [5.41, 5.74) is 3.07. The van der Waals surface area contributed by atoms with Gasteiger partial charge in [-0.1, -0.05) is 48.5 Å². The van der Waals surface area contributed by atoms with Crippen molar-refractivity contribution in [1.82, 2.24) is 4.72 Å². The van der Waals surface area contributed by atoms with Crippen LogP contribution in [0.1, 0.15) is 45.7 Å².